The molecule has 9 heteroatoms. The Hall–Kier alpha value is -2.16. The van der Waals surface area contributed by atoms with Crippen LogP contribution >= 0.6 is 0 Å². The minimum atomic E-state index is -1.16. The number of nitrogens with zero attached hydrogens (tertiary/aromatic N) is 1. The molecule has 142 valence electrons. The van der Waals surface area contributed by atoms with E-state index in [2.05, 4.69) is 10.6 Å². The zero-order chi connectivity index (χ0) is 19.1. The number of carboxylic acid groups (broad SMARTS) is 1. The first-order valence-electron chi connectivity index (χ1n) is 8.54. The minimum Gasteiger partial charge on any atom is -0.480 e. The fourth-order valence-electron chi connectivity index (χ4n) is 2.63. The van der Waals surface area contributed by atoms with Crippen molar-refractivity contribution in [1.29, 1.82) is 0 Å². The van der Waals surface area contributed by atoms with Gasteiger partial charge in [0, 0.05) is 6.54 Å². The van der Waals surface area contributed by atoms with E-state index in [1.807, 2.05) is 13.8 Å². The molecule has 9 nitrogen and oxygen atoms in total. The SMILES string of the molecule is CC[C@H](C)[C@H](N)C(=O)N1CCC[C@H]1C(=O)NCC(=O)N[C@@H](C)C(=O)O. The van der Waals surface area contributed by atoms with Crippen LogP contribution in [0.3, 0.4) is 0 Å². The fourth-order valence-corrected chi connectivity index (χ4v) is 2.63. The summed E-state index contributed by atoms with van der Waals surface area (Å²) in [5, 5.41) is 13.4. The van der Waals surface area contributed by atoms with E-state index in [-0.39, 0.29) is 18.4 Å². The zero-order valence-electron chi connectivity index (χ0n) is 14.9. The summed E-state index contributed by atoms with van der Waals surface area (Å²) in [6.45, 7) is 5.29. The second-order valence-corrected chi connectivity index (χ2v) is 6.45. The molecule has 0 aliphatic carbocycles. The Labute approximate surface area is 147 Å². The van der Waals surface area contributed by atoms with E-state index in [0.717, 1.165) is 6.42 Å². The first-order valence-corrected chi connectivity index (χ1v) is 8.54. The average molecular weight is 356 g/mol. The lowest BCUT2D eigenvalue weighted by Gasteiger charge is -2.28. The van der Waals surface area contributed by atoms with Crippen LogP contribution in [0.5, 0.6) is 0 Å². The van der Waals surface area contributed by atoms with E-state index < -0.39 is 35.9 Å². The van der Waals surface area contributed by atoms with Crippen molar-refractivity contribution in [3.8, 4) is 0 Å². The lowest BCUT2D eigenvalue weighted by Crippen LogP contribution is -2.54. The van der Waals surface area contributed by atoms with Crippen LogP contribution in [0, 0.1) is 5.92 Å². The van der Waals surface area contributed by atoms with Crippen LogP contribution in [0.25, 0.3) is 0 Å². The number of nitrogens with one attached hydrogen (secondary N) is 2. The number of rotatable bonds is 8. The Morgan fingerprint density at radius 2 is 1.92 bits per heavy atom. The van der Waals surface area contributed by atoms with Crippen LogP contribution in [-0.2, 0) is 19.2 Å². The highest BCUT2D eigenvalue weighted by Gasteiger charge is 2.37. The standard InChI is InChI=1S/C16H28N4O5/c1-4-9(2)13(17)15(23)20-7-5-6-11(20)14(22)18-8-12(21)19-10(3)16(24)25/h9-11,13H,4-8,17H2,1-3H3,(H,18,22)(H,19,21)(H,24,25)/t9-,10-,11-,13-/m0/s1. The van der Waals surface area contributed by atoms with Crippen molar-refractivity contribution >= 4 is 23.7 Å². The molecule has 0 saturated carbocycles. The Morgan fingerprint density at radius 1 is 1.28 bits per heavy atom. The first kappa shape index (κ1) is 20.9. The van der Waals surface area contributed by atoms with Gasteiger partial charge in [-0.05, 0) is 25.7 Å². The molecule has 0 aromatic carbocycles. The van der Waals surface area contributed by atoms with Crippen molar-refractivity contribution in [2.24, 2.45) is 11.7 Å². The van der Waals surface area contributed by atoms with Crippen molar-refractivity contribution in [2.45, 2.75) is 58.2 Å². The lowest BCUT2D eigenvalue weighted by molar-refractivity contribution is -0.142. The largest absolute Gasteiger partial charge is 0.480 e. The van der Waals surface area contributed by atoms with Gasteiger partial charge >= 0.3 is 5.97 Å². The first-order chi connectivity index (χ1) is 11.7. The second kappa shape index (κ2) is 9.36. The van der Waals surface area contributed by atoms with Crippen LogP contribution in [0.1, 0.15) is 40.0 Å². The van der Waals surface area contributed by atoms with Crippen LogP contribution in [0.15, 0.2) is 0 Å². The normalized spacial score (nSPS) is 20.5. The summed E-state index contributed by atoms with van der Waals surface area (Å²) in [5.41, 5.74) is 5.98. The molecule has 25 heavy (non-hydrogen) atoms. The number of hydrogen-bond donors (Lipinski definition) is 4. The van der Waals surface area contributed by atoms with Gasteiger partial charge in [0.05, 0.1) is 12.6 Å². The monoisotopic (exact) mass is 356 g/mol. The summed E-state index contributed by atoms with van der Waals surface area (Å²) in [6.07, 6.45) is 1.97. The number of hydrogen-bond acceptors (Lipinski definition) is 5. The highest BCUT2D eigenvalue weighted by molar-refractivity contribution is 5.93. The summed E-state index contributed by atoms with van der Waals surface area (Å²) >= 11 is 0. The fraction of sp³-hybridized carbons (Fsp3) is 0.750. The van der Waals surface area contributed by atoms with Gasteiger partial charge in [-0.15, -0.1) is 0 Å². The third kappa shape index (κ3) is 5.70. The molecule has 1 fully saturated rings. The summed E-state index contributed by atoms with van der Waals surface area (Å²) in [4.78, 5) is 48.6. The van der Waals surface area contributed by atoms with Crippen molar-refractivity contribution in [2.75, 3.05) is 13.1 Å². The zero-order valence-corrected chi connectivity index (χ0v) is 14.9. The average Bonchev–Trinajstić information content (AvgIpc) is 3.07. The molecule has 4 atom stereocenters. The maximum atomic E-state index is 12.5. The molecule has 5 N–H and O–H groups in total. The van der Waals surface area contributed by atoms with Gasteiger partial charge in [0.25, 0.3) is 0 Å². The summed E-state index contributed by atoms with van der Waals surface area (Å²) in [7, 11) is 0. The Balaban J connectivity index is 2.58. The number of likely N-dealkylation sites (tertiary alicyclic amines) is 1. The molecule has 0 radical (unpaired) electrons. The molecule has 1 aliphatic rings. The molecule has 1 saturated heterocycles. The Morgan fingerprint density at radius 3 is 2.48 bits per heavy atom. The van der Waals surface area contributed by atoms with E-state index in [9.17, 15) is 19.2 Å². The van der Waals surface area contributed by atoms with Crippen molar-refractivity contribution in [3.05, 3.63) is 0 Å². The lowest BCUT2D eigenvalue weighted by atomic mass is 9.98. The Kier molecular flexibility index (Phi) is 7.82. The van der Waals surface area contributed by atoms with Crippen molar-refractivity contribution in [1.82, 2.24) is 15.5 Å². The molecule has 0 aromatic heterocycles. The van der Waals surface area contributed by atoms with Gasteiger partial charge in [0.1, 0.15) is 12.1 Å². The third-order valence-electron chi connectivity index (χ3n) is 4.55. The molecule has 0 unspecified atom stereocenters. The summed E-state index contributed by atoms with van der Waals surface area (Å²) in [5.74, 6) is -2.43. The highest BCUT2D eigenvalue weighted by atomic mass is 16.4. The van der Waals surface area contributed by atoms with Crippen LogP contribution in [0.4, 0.5) is 0 Å². The van der Waals surface area contributed by atoms with E-state index in [1.54, 1.807) is 0 Å². The van der Waals surface area contributed by atoms with Gasteiger partial charge in [0.2, 0.25) is 17.7 Å². The van der Waals surface area contributed by atoms with E-state index in [0.29, 0.717) is 19.4 Å². The van der Waals surface area contributed by atoms with Crippen LogP contribution in [-0.4, -0.2) is 64.9 Å². The summed E-state index contributed by atoms with van der Waals surface area (Å²) < 4.78 is 0. The Bertz CT molecular complexity index is 525. The number of carbonyl (C=O) groups is 4. The predicted molar refractivity (Wildman–Crippen MR) is 90.4 cm³/mol. The minimum absolute atomic E-state index is 0.0140. The number of amides is 3. The molecular formula is C16H28N4O5. The van der Waals surface area contributed by atoms with Gasteiger partial charge in [-0.3, -0.25) is 19.2 Å². The van der Waals surface area contributed by atoms with Crippen LogP contribution in [0.2, 0.25) is 0 Å². The topological polar surface area (TPSA) is 142 Å². The quantitative estimate of drug-likeness (QED) is 0.442. The molecule has 3 amide bonds. The molecule has 1 rings (SSSR count). The number of nitrogens with two attached hydrogens (primary N) is 1. The maximum Gasteiger partial charge on any atom is 0.325 e. The van der Waals surface area contributed by atoms with Gasteiger partial charge in [-0.1, -0.05) is 20.3 Å². The van der Waals surface area contributed by atoms with E-state index >= 15 is 0 Å². The van der Waals surface area contributed by atoms with Crippen molar-refractivity contribution in [3.63, 3.8) is 0 Å². The van der Waals surface area contributed by atoms with Gasteiger partial charge < -0.3 is 26.4 Å². The van der Waals surface area contributed by atoms with Crippen LogP contribution < -0.4 is 16.4 Å². The third-order valence-corrected chi connectivity index (χ3v) is 4.55. The van der Waals surface area contributed by atoms with Gasteiger partial charge in [0.15, 0.2) is 0 Å². The van der Waals surface area contributed by atoms with E-state index in [4.69, 9.17) is 10.8 Å². The van der Waals surface area contributed by atoms with Crippen molar-refractivity contribution < 1.29 is 24.3 Å². The van der Waals surface area contributed by atoms with Gasteiger partial charge in [-0.25, -0.2) is 0 Å². The second-order valence-electron chi connectivity index (χ2n) is 6.45. The van der Waals surface area contributed by atoms with Gasteiger partial charge in [-0.2, -0.15) is 0 Å². The smallest absolute Gasteiger partial charge is 0.325 e. The summed E-state index contributed by atoms with van der Waals surface area (Å²) in [6, 6.07) is -2.34. The molecule has 0 spiro atoms. The number of carboxylic acids is 1. The van der Waals surface area contributed by atoms with E-state index in [1.165, 1.54) is 11.8 Å². The molecular weight excluding hydrogens is 328 g/mol. The maximum absolute atomic E-state index is 12.5. The molecule has 1 aliphatic heterocycles. The molecule has 0 aromatic rings. The number of carbonyl (C=O) groups excluding carboxylic acids is 3. The molecule has 1 heterocycles. The highest BCUT2D eigenvalue weighted by Crippen LogP contribution is 2.20. The number of aliphatic carboxylic acids is 1. The predicted octanol–water partition coefficient (Wildman–Crippen LogP) is -0.944. The molecule has 0 bridgehead atoms.